The first-order chi connectivity index (χ1) is 19.5. The minimum atomic E-state index is -0.743. The van der Waals surface area contributed by atoms with E-state index < -0.39 is 12.1 Å². The Labute approximate surface area is 249 Å². The predicted octanol–water partition coefficient (Wildman–Crippen LogP) is 4.65. The van der Waals surface area contributed by atoms with E-state index in [2.05, 4.69) is 57.8 Å². The molecule has 8 nitrogen and oxygen atoms in total. The zero-order chi connectivity index (χ0) is 30.5. The number of aliphatic hydroxyl groups excluding tert-OH is 1. The number of rotatable bonds is 18. The van der Waals surface area contributed by atoms with Crippen molar-refractivity contribution in [3.8, 4) is 11.5 Å². The van der Waals surface area contributed by atoms with Crippen LogP contribution >= 0.6 is 0 Å². The molecule has 236 valence electrons. The number of benzene rings is 1. The van der Waals surface area contributed by atoms with Gasteiger partial charge in [-0.1, -0.05) is 33.8 Å². The number of hydrogen-bond donors (Lipinski definition) is 3. The molecule has 0 radical (unpaired) electrons. The zero-order valence-electron chi connectivity index (χ0n) is 27.0. The molecule has 1 fully saturated rings. The second-order valence-electron chi connectivity index (χ2n) is 12.9. The molecular weight excluding hydrogens is 518 g/mol. The summed E-state index contributed by atoms with van der Waals surface area (Å²) in [6.07, 6.45) is 3.87. The van der Waals surface area contributed by atoms with Gasteiger partial charge in [-0.15, -0.1) is 0 Å². The number of nitrogens with two attached hydrogens (primary N) is 1. The smallest absolute Gasteiger partial charge is 0.223 e. The first-order valence-corrected chi connectivity index (χ1v) is 15.7. The molecule has 1 aliphatic rings. The highest BCUT2D eigenvalue weighted by atomic mass is 16.5. The third-order valence-corrected chi connectivity index (χ3v) is 8.73. The Kier molecular flexibility index (Phi) is 15.5. The SMILES string of the molecule is COCCCOc1cc(CC(C[C@H](N)C(O)CC(C(=O)NC2CCN(C(C)C)CC2)C(C)C)C(C)C)ccc1OC. The van der Waals surface area contributed by atoms with Crippen molar-refractivity contribution in [3.05, 3.63) is 23.8 Å². The van der Waals surface area contributed by atoms with Gasteiger partial charge in [0.2, 0.25) is 5.91 Å². The molecule has 0 saturated carbocycles. The second kappa shape index (κ2) is 17.9. The van der Waals surface area contributed by atoms with Crippen LogP contribution in [0, 0.1) is 23.7 Å². The summed E-state index contributed by atoms with van der Waals surface area (Å²) in [5, 5.41) is 14.5. The van der Waals surface area contributed by atoms with Crippen LogP contribution < -0.4 is 20.5 Å². The maximum absolute atomic E-state index is 13.3. The molecule has 4 atom stereocenters. The molecule has 1 heterocycles. The van der Waals surface area contributed by atoms with E-state index in [-0.39, 0.29) is 29.7 Å². The number of aliphatic hydroxyl groups is 1. The molecule has 0 aromatic heterocycles. The molecule has 3 unspecified atom stereocenters. The van der Waals surface area contributed by atoms with Crippen molar-refractivity contribution < 1.29 is 24.1 Å². The maximum atomic E-state index is 13.3. The topological polar surface area (TPSA) is 106 Å². The number of likely N-dealkylation sites (tertiary alicyclic amines) is 1. The fraction of sp³-hybridized carbons (Fsp3) is 0.788. The van der Waals surface area contributed by atoms with Gasteiger partial charge in [0.15, 0.2) is 11.5 Å². The number of ether oxygens (including phenoxy) is 3. The van der Waals surface area contributed by atoms with Crippen LogP contribution in [0.15, 0.2) is 18.2 Å². The Morgan fingerprint density at radius 1 is 1.02 bits per heavy atom. The number of nitrogens with one attached hydrogen (secondary N) is 1. The van der Waals surface area contributed by atoms with Gasteiger partial charge >= 0.3 is 0 Å². The number of methoxy groups -OCH3 is 2. The van der Waals surface area contributed by atoms with E-state index in [1.54, 1.807) is 14.2 Å². The lowest BCUT2D eigenvalue weighted by Crippen LogP contribution is -2.49. The van der Waals surface area contributed by atoms with E-state index >= 15 is 0 Å². The highest BCUT2D eigenvalue weighted by Gasteiger charge is 2.31. The normalized spacial score (nSPS) is 18.0. The average Bonchev–Trinajstić information content (AvgIpc) is 2.93. The van der Waals surface area contributed by atoms with E-state index in [0.717, 1.165) is 50.1 Å². The monoisotopic (exact) mass is 577 g/mol. The van der Waals surface area contributed by atoms with Gasteiger partial charge in [-0.25, -0.2) is 0 Å². The third-order valence-electron chi connectivity index (χ3n) is 8.73. The predicted molar refractivity (Wildman–Crippen MR) is 166 cm³/mol. The molecule has 1 amide bonds. The van der Waals surface area contributed by atoms with Crippen LogP contribution in [0.3, 0.4) is 0 Å². The van der Waals surface area contributed by atoms with Gasteiger partial charge in [-0.3, -0.25) is 4.79 Å². The minimum Gasteiger partial charge on any atom is -0.493 e. The van der Waals surface area contributed by atoms with Crippen molar-refractivity contribution >= 4 is 5.91 Å². The van der Waals surface area contributed by atoms with Crippen molar-refractivity contribution in [1.82, 2.24) is 10.2 Å². The Balaban J connectivity index is 1.98. The van der Waals surface area contributed by atoms with Gasteiger partial charge < -0.3 is 35.3 Å². The number of amides is 1. The Hall–Kier alpha value is -1.87. The average molecular weight is 578 g/mol. The van der Waals surface area contributed by atoms with Gasteiger partial charge in [-0.2, -0.15) is 0 Å². The number of carbonyl (C=O) groups excluding carboxylic acids is 1. The fourth-order valence-corrected chi connectivity index (χ4v) is 5.73. The van der Waals surface area contributed by atoms with Crippen LogP contribution in [0.25, 0.3) is 0 Å². The lowest BCUT2D eigenvalue weighted by Gasteiger charge is -2.36. The van der Waals surface area contributed by atoms with E-state index in [1.165, 1.54) is 0 Å². The van der Waals surface area contributed by atoms with Gasteiger partial charge in [-0.05, 0) is 81.4 Å². The maximum Gasteiger partial charge on any atom is 0.223 e. The molecule has 1 aromatic rings. The van der Waals surface area contributed by atoms with Gasteiger partial charge in [0.25, 0.3) is 0 Å². The summed E-state index contributed by atoms with van der Waals surface area (Å²) in [4.78, 5) is 15.7. The summed E-state index contributed by atoms with van der Waals surface area (Å²) in [6, 6.07) is 6.40. The summed E-state index contributed by atoms with van der Waals surface area (Å²) in [6.45, 7) is 16.2. The number of hydrogen-bond acceptors (Lipinski definition) is 7. The highest BCUT2D eigenvalue weighted by Crippen LogP contribution is 2.32. The summed E-state index contributed by atoms with van der Waals surface area (Å²) < 4.78 is 16.6. The first kappa shape index (κ1) is 35.3. The van der Waals surface area contributed by atoms with Crippen molar-refractivity contribution in [2.75, 3.05) is 40.5 Å². The Bertz CT molecular complexity index is 886. The zero-order valence-corrected chi connectivity index (χ0v) is 27.0. The summed E-state index contributed by atoms with van der Waals surface area (Å²) in [5.74, 6) is 1.99. The van der Waals surface area contributed by atoms with Crippen molar-refractivity contribution in [2.24, 2.45) is 29.4 Å². The van der Waals surface area contributed by atoms with Crippen LogP contribution in [0.5, 0.6) is 11.5 Å². The third kappa shape index (κ3) is 11.7. The molecule has 1 saturated heterocycles. The molecule has 2 rings (SSSR count). The molecule has 8 heteroatoms. The lowest BCUT2D eigenvalue weighted by molar-refractivity contribution is -0.128. The minimum absolute atomic E-state index is 0.0471. The standard InChI is InChI=1S/C33H59N3O5/c1-22(2)26(18-25-10-11-31(40-8)32(19-25)41-17-9-16-39-7)20-29(34)30(37)21-28(23(3)4)33(38)35-27-12-14-36(15-13-27)24(5)6/h10-11,19,22-24,26-30,37H,9,12-18,20-21,34H2,1-8H3,(H,35,38)/t26?,28?,29-,30?/m0/s1. The largest absolute Gasteiger partial charge is 0.493 e. The van der Waals surface area contributed by atoms with Crippen molar-refractivity contribution in [1.29, 1.82) is 0 Å². The van der Waals surface area contributed by atoms with Gasteiger partial charge in [0.1, 0.15) is 0 Å². The van der Waals surface area contributed by atoms with Crippen LogP contribution in [-0.4, -0.2) is 80.7 Å². The number of piperidine rings is 1. The summed E-state index contributed by atoms with van der Waals surface area (Å²) >= 11 is 0. The molecule has 1 aliphatic heterocycles. The van der Waals surface area contributed by atoms with Gasteiger partial charge in [0, 0.05) is 57.3 Å². The van der Waals surface area contributed by atoms with Crippen LogP contribution in [0.1, 0.15) is 79.2 Å². The van der Waals surface area contributed by atoms with E-state index in [9.17, 15) is 9.90 Å². The second-order valence-corrected chi connectivity index (χ2v) is 12.9. The molecule has 0 spiro atoms. The van der Waals surface area contributed by atoms with Crippen molar-refractivity contribution in [2.45, 2.75) is 104 Å². The number of nitrogens with zero attached hydrogens (tertiary/aromatic N) is 1. The Morgan fingerprint density at radius 2 is 1.71 bits per heavy atom. The van der Waals surface area contributed by atoms with Crippen LogP contribution in [-0.2, 0) is 16.0 Å². The molecule has 0 bridgehead atoms. The van der Waals surface area contributed by atoms with Crippen LogP contribution in [0.4, 0.5) is 0 Å². The molecule has 0 aliphatic carbocycles. The van der Waals surface area contributed by atoms with Gasteiger partial charge in [0.05, 0.1) is 19.8 Å². The Morgan fingerprint density at radius 3 is 2.27 bits per heavy atom. The fourth-order valence-electron chi connectivity index (χ4n) is 5.73. The summed E-state index contributed by atoms with van der Waals surface area (Å²) in [7, 11) is 3.33. The quantitative estimate of drug-likeness (QED) is 0.218. The summed E-state index contributed by atoms with van der Waals surface area (Å²) in [5.41, 5.74) is 7.76. The van der Waals surface area contributed by atoms with E-state index in [0.29, 0.717) is 43.8 Å². The lowest BCUT2D eigenvalue weighted by atomic mass is 9.80. The van der Waals surface area contributed by atoms with E-state index in [1.807, 2.05) is 12.1 Å². The molecular formula is C33H59N3O5. The molecule has 4 N–H and O–H groups in total. The van der Waals surface area contributed by atoms with Crippen molar-refractivity contribution in [3.63, 3.8) is 0 Å². The molecule has 1 aromatic carbocycles. The molecule has 41 heavy (non-hydrogen) atoms. The number of carbonyl (C=O) groups is 1. The van der Waals surface area contributed by atoms with Crippen LogP contribution in [0.2, 0.25) is 0 Å². The van der Waals surface area contributed by atoms with E-state index in [4.69, 9.17) is 19.9 Å². The highest BCUT2D eigenvalue weighted by molar-refractivity contribution is 5.79. The first-order valence-electron chi connectivity index (χ1n) is 15.7.